The summed E-state index contributed by atoms with van der Waals surface area (Å²) in [6, 6.07) is 7.80. The maximum absolute atomic E-state index is 11.7. The Morgan fingerprint density at radius 2 is 1.82 bits per heavy atom. The Bertz CT molecular complexity index is 372. The maximum atomic E-state index is 11.7. The van der Waals surface area contributed by atoms with Gasteiger partial charge < -0.3 is 9.64 Å². The highest BCUT2D eigenvalue weighted by molar-refractivity contribution is 9.10. The summed E-state index contributed by atoms with van der Waals surface area (Å²) in [5.74, 6) is 0. The fourth-order valence-corrected chi connectivity index (χ4v) is 2.16. The second kappa shape index (κ2) is 6.05. The third-order valence-corrected chi connectivity index (χ3v) is 3.42. The zero-order valence-electron chi connectivity index (χ0n) is 9.69. The molecule has 0 aliphatic carbocycles. The second-order valence-electron chi connectivity index (χ2n) is 4.23. The smallest absolute Gasteiger partial charge is 0.410 e. The molecule has 1 aromatic carbocycles. The van der Waals surface area contributed by atoms with Gasteiger partial charge in [0.2, 0.25) is 0 Å². The molecule has 2 rings (SSSR count). The van der Waals surface area contributed by atoms with Crippen molar-refractivity contribution in [2.75, 3.05) is 13.1 Å². The van der Waals surface area contributed by atoms with Crippen molar-refractivity contribution in [3.05, 3.63) is 34.3 Å². The summed E-state index contributed by atoms with van der Waals surface area (Å²) in [5, 5.41) is 0. The zero-order valence-corrected chi connectivity index (χ0v) is 11.3. The van der Waals surface area contributed by atoms with Crippen LogP contribution in [0.25, 0.3) is 0 Å². The molecule has 1 saturated heterocycles. The predicted molar refractivity (Wildman–Crippen MR) is 69.8 cm³/mol. The number of piperidine rings is 1. The molecule has 0 spiro atoms. The van der Waals surface area contributed by atoms with Crippen LogP contribution in [0.2, 0.25) is 0 Å². The van der Waals surface area contributed by atoms with Gasteiger partial charge in [-0.05, 0) is 37.0 Å². The first-order valence-electron chi connectivity index (χ1n) is 5.92. The molecule has 1 fully saturated rings. The van der Waals surface area contributed by atoms with Crippen molar-refractivity contribution in [1.29, 1.82) is 0 Å². The molecule has 92 valence electrons. The number of ether oxygens (including phenoxy) is 1. The first-order valence-corrected chi connectivity index (χ1v) is 6.71. The van der Waals surface area contributed by atoms with Crippen LogP contribution in [-0.4, -0.2) is 24.1 Å². The van der Waals surface area contributed by atoms with E-state index in [0.717, 1.165) is 36.0 Å². The Balaban J connectivity index is 1.81. The van der Waals surface area contributed by atoms with Crippen LogP contribution in [0, 0.1) is 0 Å². The molecular formula is C13H16BrNO2. The molecule has 1 aromatic rings. The van der Waals surface area contributed by atoms with Crippen molar-refractivity contribution in [2.24, 2.45) is 0 Å². The molecule has 1 heterocycles. The Morgan fingerprint density at radius 1 is 1.18 bits per heavy atom. The van der Waals surface area contributed by atoms with Gasteiger partial charge in [-0.25, -0.2) is 4.79 Å². The lowest BCUT2D eigenvalue weighted by molar-refractivity contribution is 0.0894. The summed E-state index contributed by atoms with van der Waals surface area (Å²) in [5.41, 5.74) is 1.01. The summed E-state index contributed by atoms with van der Waals surface area (Å²) >= 11 is 3.37. The molecule has 1 amide bonds. The van der Waals surface area contributed by atoms with E-state index in [9.17, 15) is 4.79 Å². The van der Waals surface area contributed by atoms with Crippen molar-refractivity contribution >= 4 is 22.0 Å². The van der Waals surface area contributed by atoms with Gasteiger partial charge in [-0.3, -0.25) is 0 Å². The highest BCUT2D eigenvalue weighted by atomic mass is 79.9. The van der Waals surface area contributed by atoms with Crippen molar-refractivity contribution in [2.45, 2.75) is 25.9 Å². The highest BCUT2D eigenvalue weighted by Crippen LogP contribution is 2.13. The monoisotopic (exact) mass is 297 g/mol. The molecular weight excluding hydrogens is 282 g/mol. The minimum Gasteiger partial charge on any atom is -0.445 e. The maximum Gasteiger partial charge on any atom is 0.410 e. The summed E-state index contributed by atoms with van der Waals surface area (Å²) in [7, 11) is 0. The van der Waals surface area contributed by atoms with Crippen LogP contribution >= 0.6 is 15.9 Å². The Kier molecular flexibility index (Phi) is 4.42. The first kappa shape index (κ1) is 12.4. The molecule has 0 N–H and O–H groups in total. The molecule has 0 aromatic heterocycles. The van der Waals surface area contributed by atoms with E-state index in [0.29, 0.717) is 6.61 Å². The van der Waals surface area contributed by atoms with Gasteiger partial charge in [-0.15, -0.1) is 0 Å². The number of rotatable bonds is 2. The molecule has 0 bridgehead atoms. The molecule has 0 saturated carbocycles. The Labute approximate surface area is 110 Å². The van der Waals surface area contributed by atoms with Crippen LogP contribution in [0.15, 0.2) is 28.7 Å². The molecule has 3 nitrogen and oxygen atoms in total. The molecule has 0 atom stereocenters. The van der Waals surface area contributed by atoms with Crippen molar-refractivity contribution in [3.8, 4) is 0 Å². The fourth-order valence-electron chi connectivity index (χ4n) is 1.89. The molecule has 17 heavy (non-hydrogen) atoms. The number of carbonyl (C=O) groups excluding carboxylic acids is 1. The van der Waals surface area contributed by atoms with Crippen molar-refractivity contribution in [3.63, 3.8) is 0 Å². The quantitative estimate of drug-likeness (QED) is 0.835. The molecule has 1 aliphatic rings. The van der Waals surface area contributed by atoms with E-state index in [2.05, 4.69) is 15.9 Å². The summed E-state index contributed by atoms with van der Waals surface area (Å²) in [6.07, 6.45) is 3.21. The SMILES string of the molecule is O=C(OCc1ccc(Br)cc1)N1CCCCC1. The fraction of sp³-hybridized carbons (Fsp3) is 0.462. The van der Waals surface area contributed by atoms with Gasteiger partial charge in [-0.2, -0.15) is 0 Å². The highest BCUT2D eigenvalue weighted by Gasteiger charge is 2.17. The van der Waals surface area contributed by atoms with Crippen LogP contribution in [0.4, 0.5) is 4.79 Å². The minimum atomic E-state index is -0.187. The number of halogens is 1. The number of amides is 1. The van der Waals surface area contributed by atoms with Crippen LogP contribution in [0.5, 0.6) is 0 Å². The standard InChI is InChI=1S/C13H16BrNO2/c14-12-6-4-11(5-7-12)10-17-13(16)15-8-2-1-3-9-15/h4-7H,1-3,8-10H2. The molecule has 4 heteroatoms. The number of nitrogens with zero attached hydrogens (tertiary/aromatic N) is 1. The number of benzene rings is 1. The van der Waals surface area contributed by atoms with Gasteiger partial charge in [0.05, 0.1) is 0 Å². The van der Waals surface area contributed by atoms with Crippen molar-refractivity contribution < 1.29 is 9.53 Å². The number of hydrogen-bond donors (Lipinski definition) is 0. The van der Waals surface area contributed by atoms with Crippen LogP contribution in [0.1, 0.15) is 24.8 Å². The first-order chi connectivity index (χ1) is 8.25. The van der Waals surface area contributed by atoms with E-state index >= 15 is 0 Å². The van der Waals surface area contributed by atoms with Gasteiger partial charge in [0.15, 0.2) is 0 Å². The summed E-state index contributed by atoms with van der Waals surface area (Å²) in [4.78, 5) is 13.5. The molecule has 1 aliphatic heterocycles. The van der Waals surface area contributed by atoms with E-state index in [1.165, 1.54) is 6.42 Å². The van der Waals surface area contributed by atoms with Gasteiger partial charge >= 0.3 is 6.09 Å². The van der Waals surface area contributed by atoms with Gasteiger partial charge in [0, 0.05) is 17.6 Å². The largest absolute Gasteiger partial charge is 0.445 e. The molecule has 0 radical (unpaired) electrons. The average Bonchev–Trinajstić information content (AvgIpc) is 2.39. The zero-order chi connectivity index (χ0) is 12.1. The molecule has 0 unspecified atom stereocenters. The van der Waals surface area contributed by atoms with Gasteiger partial charge in [0.1, 0.15) is 6.61 Å². The van der Waals surface area contributed by atoms with E-state index in [1.807, 2.05) is 24.3 Å². The lowest BCUT2D eigenvalue weighted by atomic mass is 10.1. The third-order valence-electron chi connectivity index (χ3n) is 2.89. The lowest BCUT2D eigenvalue weighted by Crippen LogP contribution is -2.35. The number of hydrogen-bond acceptors (Lipinski definition) is 2. The Morgan fingerprint density at radius 3 is 2.47 bits per heavy atom. The number of likely N-dealkylation sites (tertiary alicyclic amines) is 1. The van der Waals surface area contributed by atoms with Crippen LogP contribution in [0.3, 0.4) is 0 Å². The Hall–Kier alpha value is -1.03. The van der Waals surface area contributed by atoms with E-state index in [4.69, 9.17) is 4.74 Å². The van der Waals surface area contributed by atoms with E-state index < -0.39 is 0 Å². The normalized spacial score (nSPS) is 15.7. The van der Waals surface area contributed by atoms with E-state index in [-0.39, 0.29) is 6.09 Å². The second-order valence-corrected chi connectivity index (χ2v) is 5.14. The minimum absolute atomic E-state index is 0.187. The summed E-state index contributed by atoms with van der Waals surface area (Å²) < 4.78 is 6.31. The topological polar surface area (TPSA) is 29.5 Å². The predicted octanol–water partition coefficient (Wildman–Crippen LogP) is 3.57. The van der Waals surface area contributed by atoms with Gasteiger partial charge in [-0.1, -0.05) is 28.1 Å². The van der Waals surface area contributed by atoms with Crippen LogP contribution in [-0.2, 0) is 11.3 Å². The van der Waals surface area contributed by atoms with Crippen LogP contribution < -0.4 is 0 Å². The average molecular weight is 298 g/mol. The third kappa shape index (κ3) is 3.73. The summed E-state index contributed by atoms with van der Waals surface area (Å²) in [6.45, 7) is 2.01. The van der Waals surface area contributed by atoms with Gasteiger partial charge in [0.25, 0.3) is 0 Å². The number of carbonyl (C=O) groups is 1. The van der Waals surface area contributed by atoms with Crippen molar-refractivity contribution in [1.82, 2.24) is 4.90 Å². The lowest BCUT2D eigenvalue weighted by Gasteiger charge is -2.25. The van der Waals surface area contributed by atoms with E-state index in [1.54, 1.807) is 4.90 Å².